The molecule has 0 radical (unpaired) electrons. The zero-order valence-corrected chi connectivity index (χ0v) is 14.7. The van der Waals surface area contributed by atoms with Crippen LogP contribution in [0, 0.1) is 17.6 Å². The third-order valence-corrected chi connectivity index (χ3v) is 5.26. The van der Waals surface area contributed by atoms with Crippen molar-refractivity contribution in [3.63, 3.8) is 0 Å². The summed E-state index contributed by atoms with van der Waals surface area (Å²) in [5.41, 5.74) is 1.74. The lowest BCUT2D eigenvalue weighted by molar-refractivity contribution is 0.299. The number of halogens is 3. The van der Waals surface area contributed by atoms with Crippen molar-refractivity contribution in [3.05, 3.63) is 64.2 Å². The Morgan fingerprint density at radius 1 is 1.12 bits per heavy atom. The SMILES string of the molecule is OCCc1ccccc1NC(c1c(F)ccc(Cl)c1F)C1CCCC1. The molecule has 0 aliphatic heterocycles. The maximum Gasteiger partial charge on any atom is 0.149 e. The molecule has 2 nitrogen and oxygen atoms in total. The molecule has 2 aromatic carbocycles. The monoisotopic (exact) mass is 365 g/mol. The lowest BCUT2D eigenvalue weighted by Gasteiger charge is -2.28. The second kappa shape index (κ2) is 8.15. The van der Waals surface area contributed by atoms with Gasteiger partial charge in [-0.3, -0.25) is 0 Å². The molecule has 1 saturated carbocycles. The van der Waals surface area contributed by atoms with Crippen molar-refractivity contribution in [1.82, 2.24) is 0 Å². The fourth-order valence-electron chi connectivity index (χ4n) is 3.71. The normalized spacial score (nSPS) is 16.2. The van der Waals surface area contributed by atoms with E-state index in [4.69, 9.17) is 11.6 Å². The molecule has 25 heavy (non-hydrogen) atoms. The van der Waals surface area contributed by atoms with Crippen LogP contribution >= 0.6 is 11.6 Å². The first-order valence-corrected chi connectivity index (χ1v) is 9.08. The topological polar surface area (TPSA) is 32.3 Å². The second-order valence-corrected chi connectivity index (χ2v) is 6.96. The predicted octanol–water partition coefficient (Wildman–Crippen LogP) is 5.50. The van der Waals surface area contributed by atoms with Crippen LogP contribution < -0.4 is 5.32 Å². The fourth-order valence-corrected chi connectivity index (χ4v) is 3.88. The Balaban J connectivity index is 2.01. The fraction of sp³-hybridized carbons (Fsp3) is 0.400. The molecular formula is C20H22ClF2NO. The number of para-hydroxylation sites is 1. The quantitative estimate of drug-likeness (QED) is 0.663. The van der Waals surface area contributed by atoms with E-state index in [1.54, 1.807) is 0 Å². The molecule has 1 unspecified atom stereocenters. The second-order valence-electron chi connectivity index (χ2n) is 6.55. The summed E-state index contributed by atoms with van der Waals surface area (Å²) in [7, 11) is 0. The lowest BCUT2D eigenvalue weighted by atomic mass is 9.90. The molecule has 2 aromatic rings. The van der Waals surface area contributed by atoms with Gasteiger partial charge in [0.1, 0.15) is 11.6 Å². The third-order valence-electron chi connectivity index (χ3n) is 4.97. The first kappa shape index (κ1) is 18.2. The van der Waals surface area contributed by atoms with Crippen LogP contribution in [-0.4, -0.2) is 11.7 Å². The summed E-state index contributed by atoms with van der Waals surface area (Å²) >= 11 is 5.92. The Morgan fingerprint density at radius 3 is 2.56 bits per heavy atom. The van der Waals surface area contributed by atoms with Gasteiger partial charge in [0.05, 0.1) is 11.1 Å². The van der Waals surface area contributed by atoms with Gasteiger partial charge in [0.15, 0.2) is 0 Å². The van der Waals surface area contributed by atoms with Gasteiger partial charge >= 0.3 is 0 Å². The third kappa shape index (κ3) is 3.96. The van der Waals surface area contributed by atoms with E-state index in [1.807, 2.05) is 24.3 Å². The molecule has 0 heterocycles. The number of benzene rings is 2. The van der Waals surface area contributed by atoms with E-state index in [1.165, 1.54) is 12.1 Å². The minimum absolute atomic E-state index is 0.0122. The van der Waals surface area contributed by atoms with Crippen LogP contribution in [0.15, 0.2) is 36.4 Å². The summed E-state index contributed by atoms with van der Waals surface area (Å²) in [5, 5.41) is 12.6. The first-order chi connectivity index (χ1) is 12.1. The van der Waals surface area contributed by atoms with E-state index in [0.29, 0.717) is 6.42 Å². The molecule has 1 aliphatic rings. The average molecular weight is 366 g/mol. The van der Waals surface area contributed by atoms with Crippen molar-refractivity contribution < 1.29 is 13.9 Å². The summed E-state index contributed by atoms with van der Waals surface area (Å²) < 4.78 is 29.2. The van der Waals surface area contributed by atoms with Gasteiger partial charge in [-0.15, -0.1) is 0 Å². The summed E-state index contributed by atoms with van der Waals surface area (Å²) in [6.07, 6.45) is 4.45. The van der Waals surface area contributed by atoms with Crippen LogP contribution in [0.1, 0.15) is 42.9 Å². The molecule has 1 aliphatic carbocycles. The summed E-state index contributed by atoms with van der Waals surface area (Å²) in [5.74, 6) is -1.12. The Labute approximate surface area is 151 Å². The van der Waals surface area contributed by atoms with Gasteiger partial charge in [-0.05, 0) is 48.9 Å². The van der Waals surface area contributed by atoms with E-state index in [9.17, 15) is 13.9 Å². The van der Waals surface area contributed by atoms with Crippen LogP contribution in [-0.2, 0) is 6.42 Å². The average Bonchev–Trinajstić information content (AvgIpc) is 3.14. The molecule has 134 valence electrons. The van der Waals surface area contributed by atoms with Crippen molar-refractivity contribution in [2.45, 2.75) is 38.1 Å². The van der Waals surface area contributed by atoms with Crippen molar-refractivity contribution in [2.75, 3.05) is 11.9 Å². The highest BCUT2D eigenvalue weighted by atomic mass is 35.5. The maximum atomic E-state index is 14.7. The van der Waals surface area contributed by atoms with Gasteiger partial charge in [0.2, 0.25) is 0 Å². The highest BCUT2D eigenvalue weighted by Gasteiger charge is 2.31. The van der Waals surface area contributed by atoms with E-state index in [-0.39, 0.29) is 23.1 Å². The van der Waals surface area contributed by atoms with E-state index in [0.717, 1.165) is 36.9 Å². The zero-order chi connectivity index (χ0) is 17.8. The van der Waals surface area contributed by atoms with Gasteiger partial charge in [-0.1, -0.05) is 42.6 Å². The maximum absolute atomic E-state index is 14.7. The molecule has 0 aromatic heterocycles. The molecule has 2 N–H and O–H groups in total. The van der Waals surface area contributed by atoms with Crippen molar-refractivity contribution in [3.8, 4) is 0 Å². The first-order valence-electron chi connectivity index (χ1n) is 8.70. The largest absolute Gasteiger partial charge is 0.396 e. The highest BCUT2D eigenvalue weighted by Crippen LogP contribution is 2.41. The van der Waals surface area contributed by atoms with E-state index < -0.39 is 17.7 Å². The standard InChI is InChI=1S/C20H22ClF2NO/c21-15-9-10-16(22)18(19(15)23)20(14-6-1-2-7-14)24-17-8-4-3-5-13(17)11-12-25/h3-5,8-10,14,20,24-25H,1-2,6-7,11-12H2. The van der Waals surface area contributed by atoms with Crippen LogP contribution in [0.4, 0.5) is 14.5 Å². The number of aliphatic hydroxyl groups is 1. The van der Waals surface area contributed by atoms with Gasteiger partial charge in [-0.2, -0.15) is 0 Å². The minimum atomic E-state index is -0.689. The van der Waals surface area contributed by atoms with Crippen LogP contribution in [0.3, 0.4) is 0 Å². The number of anilines is 1. The number of rotatable bonds is 6. The molecular weight excluding hydrogens is 344 g/mol. The molecule has 5 heteroatoms. The zero-order valence-electron chi connectivity index (χ0n) is 13.9. The Morgan fingerprint density at radius 2 is 1.84 bits per heavy atom. The Bertz CT molecular complexity index is 732. The molecule has 0 spiro atoms. The predicted molar refractivity (Wildman–Crippen MR) is 96.9 cm³/mol. The molecule has 1 atom stereocenters. The highest BCUT2D eigenvalue weighted by molar-refractivity contribution is 6.30. The van der Waals surface area contributed by atoms with Crippen LogP contribution in [0.2, 0.25) is 5.02 Å². The number of nitrogens with one attached hydrogen (secondary N) is 1. The molecule has 1 fully saturated rings. The summed E-state index contributed by atoms with van der Waals surface area (Å²) in [6, 6.07) is 9.55. The molecule has 0 saturated heterocycles. The van der Waals surface area contributed by atoms with Crippen LogP contribution in [0.25, 0.3) is 0 Å². The van der Waals surface area contributed by atoms with Gasteiger partial charge < -0.3 is 10.4 Å². The molecule has 0 bridgehead atoms. The van der Waals surface area contributed by atoms with Gasteiger partial charge in [0, 0.05) is 17.9 Å². The smallest absolute Gasteiger partial charge is 0.149 e. The summed E-state index contributed by atoms with van der Waals surface area (Å²) in [6.45, 7) is 0.0205. The Hall–Kier alpha value is -1.65. The molecule has 3 rings (SSSR count). The van der Waals surface area contributed by atoms with E-state index >= 15 is 0 Å². The summed E-state index contributed by atoms with van der Waals surface area (Å²) in [4.78, 5) is 0. The van der Waals surface area contributed by atoms with Crippen LogP contribution in [0.5, 0.6) is 0 Å². The van der Waals surface area contributed by atoms with Crippen molar-refractivity contribution >= 4 is 17.3 Å². The van der Waals surface area contributed by atoms with Crippen molar-refractivity contribution in [1.29, 1.82) is 0 Å². The lowest BCUT2D eigenvalue weighted by Crippen LogP contribution is -2.22. The number of aliphatic hydroxyl groups excluding tert-OH is 1. The minimum Gasteiger partial charge on any atom is -0.396 e. The Kier molecular flexibility index (Phi) is 5.92. The van der Waals surface area contributed by atoms with Gasteiger partial charge in [-0.25, -0.2) is 8.78 Å². The molecule has 0 amide bonds. The number of hydrogen-bond donors (Lipinski definition) is 2. The van der Waals surface area contributed by atoms with Crippen molar-refractivity contribution in [2.24, 2.45) is 5.92 Å². The number of hydrogen-bond acceptors (Lipinski definition) is 2. The van der Waals surface area contributed by atoms with E-state index in [2.05, 4.69) is 5.32 Å². The van der Waals surface area contributed by atoms with Gasteiger partial charge in [0.25, 0.3) is 0 Å².